The molecule has 0 spiro atoms. The van der Waals surface area contributed by atoms with Crippen molar-refractivity contribution in [2.45, 2.75) is 6.92 Å². The molecule has 0 aromatic carbocycles. The van der Waals surface area contributed by atoms with Gasteiger partial charge < -0.3 is 5.32 Å². The number of hydrogen-bond acceptors (Lipinski definition) is 3. The van der Waals surface area contributed by atoms with Crippen molar-refractivity contribution < 1.29 is 0 Å². The third kappa shape index (κ3) is 3.77. The molecular formula is C5H10N2S. The summed E-state index contributed by atoms with van der Waals surface area (Å²) in [4.78, 5) is 0. The van der Waals surface area contributed by atoms with Gasteiger partial charge in [-0.25, -0.2) is 0 Å². The molecular weight excluding hydrogens is 120 g/mol. The van der Waals surface area contributed by atoms with Crippen molar-refractivity contribution in [1.29, 1.82) is 0 Å². The summed E-state index contributed by atoms with van der Waals surface area (Å²) in [5.74, 6) is 0. The Hall–Kier alpha value is -0.410. The number of allylic oxidation sites excluding steroid dienone is 1. The fourth-order valence-electron chi connectivity index (χ4n) is 0.297. The van der Waals surface area contributed by atoms with Crippen molar-refractivity contribution in [3.63, 3.8) is 0 Å². The highest BCUT2D eigenvalue weighted by molar-refractivity contribution is 7.99. The van der Waals surface area contributed by atoms with Crippen LogP contribution in [-0.4, -0.2) is 0 Å². The molecule has 0 aromatic heterocycles. The van der Waals surface area contributed by atoms with Gasteiger partial charge in [0.15, 0.2) is 0 Å². The first-order chi connectivity index (χ1) is 3.81. The van der Waals surface area contributed by atoms with Crippen LogP contribution in [0, 0.1) is 0 Å². The van der Waals surface area contributed by atoms with E-state index in [-0.39, 0.29) is 0 Å². The Morgan fingerprint density at radius 1 is 1.88 bits per heavy atom. The zero-order valence-electron chi connectivity index (χ0n) is 4.85. The van der Waals surface area contributed by atoms with E-state index in [9.17, 15) is 0 Å². The van der Waals surface area contributed by atoms with Crippen LogP contribution in [0.2, 0.25) is 0 Å². The van der Waals surface area contributed by atoms with E-state index in [2.05, 4.69) is 11.9 Å². The Kier molecular flexibility index (Phi) is 4.50. The Morgan fingerprint density at radius 2 is 2.50 bits per heavy atom. The molecule has 0 unspecified atom stereocenters. The molecule has 46 valence electrons. The summed E-state index contributed by atoms with van der Waals surface area (Å²) in [6.45, 7) is 5.40. The Labute approximate surface area is 54.0 Å². The van der Waals surface area contributed by atoms with Crippen molar-refractivity contribution in [2.75, 3.05) is 0 Å². The van der Waals surface area contributed by atoms with Gasteiger partial charge >= 0.3 is 0 Å². The molecule has 0 fully saturated rings. The maximum absolute atomic E-state index is 5.13. The van der Waals surface area contributed by atoms with E-state index in [1.165, 1.54) is 11.9 Å². The lowest BCUT2D eigenvalue weighted by molar-refractivity contribution is 1.07. The highest BCUT2D eigenvalue weighted by Crippen LogP contribution is 1.93. The first-order valence-corrected chi connectivity index (χ1v) is 3.15. The van der Waals surface area contributed by atoms with Crippen LogP contribution in [0.4, 0.5) is 0 Å². The Morgan fingerprint density at radius 3 is 2.88 bits per heavy atom. The van der Waals surface area contributed by atoms with E-state index in [0.29, 0.717) is 0 Å². The average Bonchev–Trinajstić information content (AvgIpc) is 1.68. The van der Waals surface area contributed by atoms with Gasteiger partial charge in [-0.3, -0.25) is 5.14 Å². The minimum Gasteiger partial charge on any atom is -0.365 e. The fourth-order valence-corrected chi connectivity index (χ4v) is 0.569. The second-order valence-corrected chi connectivity index (χ2v) is 1.79. The molecule has 0 bridgehead atoms. The van der Waals surface area contributed by atoms with Gasteiger partial charge in [0, 0.05) is 11.1 Å². The largest absolute Gasteiger partial charge is 0.365 e. The second kappa shape index (κ2) is 4.74. The molecule has 0 rings (SSSR count). The number of rotatable bonds is 3. The Bertz CT molecular complexity index is 98.6. The van der Waals surface area contributed by atoms with Crippen LogP contribution >= 0.6 is 11.9 Å². The summed E-state index contributed by atoms with van der Waals surface area (Å²) in [5.41, 5.74) is 1.01. The van der Waals surface area contributed by atoms with Gasteiger partial charge in [0.1, 0.15) is 0 Å². The van der Waals surface area contributed by atoms with Gasteiger partial charge in [0.05, 0.1) is 0 Å². The zero-order valence-corrected chi connectivity index (χ0v) is 5.66. The molecule has 0 aliphatic carbocycles. The normalized spacial score (nSPS) is 11.0. The van der Waals surface area contributed by atoms with Crippen molar-refractivity contribution in [2.24, 2.45) is 5.14 Å². The van der Waals surface area contributed by atoms with Crippen LogP contribution in [0.25, 0.3) is 0 Å². The lowest BCUT2D eigenvalue weighted by Crippen LogP contribution is -1.98. The second-order valence-electron chi connectivity index (χ2n) is 1.29. The van der Waals surface area contributed by atoms with Gasteiger partial charge in [-0.1, -0.05) is 18.5 Å². The molecule has 0 aliphatic heterocycles. The highest BCUT2D eigenvalue weighted by atomic mass is 32.2. The predicted molar refractivity (Wildman–Crippen MR) is 38.9 cm³/mol. The lowest BCUT2D eigenvalue weighted by atomic mass is 10.6. The molecule has 0 radical (unpaired) electrons. The van der Waals surface area contributed by atoms with Crippen molar-refractivity contribution in [1.82, 2.24) is 5.32 Å². The van der Waals surface area contributed by atoms with Gasteiger partial charge in [0.25, 0.3) is 0 Å². The number of hydrogen-bond donors (Lipinski definition) is 2. The van der Waals surface area contributed by atoms with Crippen LogP contribution < -0.4 is 10.5 Å². The minimum atomic E-state index is 1.01. The summed E-state index contributed by atoms with van der Waals surface area (Å²) in [6.07, 6.45) is 1.61. The molecule has 3 N–H and O–H groups in total. The minimum absolute atomic E-state index is 1.01. The molecule has 0 aromatic rings. The third-order valence-electron chi connectivity index (χ3n) is 0.575. The quantitative estimate of drug-likeness (QED) is 0.563. The predicted octanol–water partition coefficient (Wildman–Crippen LogP) is 1.19. The van der Waals surface area contributed by atoms with Crippen LogP contribution in [0.15, 0.2) is 23.9 Å². The fraction of sp³-hybridized carbons (Fsp3) is 0.200. The summed E-state index contributed by atoms with van der Waals surface area (Å²) in [6, 6.07) is 0. The molecule has 3 heteroatoms. The van der Waals surface area contributed by atoms with Gasteiger partial charge in [-0.05, 0) is 13.1 Å². The SMILES string of the molecule is C=CN/C(C)=C\SN. The lowest BCUT2D eigenvalue weighted by Gasteiger charge is -1.94. The van der Waals surface area contributed by atoms with E-state index in [1.54, 1.807) is 6.20 Å². The molecule has 0 heterocycles. The first-order valence-electron chi connectivity index (χ1n) is 2.21. The topological polar surface area (TPSA) is 38.0 Å². The van der Waals surface area contributed by atoms with Crippen LogP contribution in [0.5, 0.6) is 0 Å². The summed E-state index contributed by atoms with van der Waals surface area (Å²) < 4.78 is 0. The number of nitrogens with two attached hydrogens (primary N) is 1. The molecule has 0 amide bonds. The monoisotopic (exact) mass is 130 g/mol. The summed E-state index contributed by atoms with van der Waals surface area (Å²) in [7, 11) is 0. The van der Waals surface area contributed by atoms with Crippen LogP contribution in [-0.2, 0) is 0 Å². The molecule has 0 saturated carbocycles. The molecule has 0 atom stereocenters. The standard InChI is InChI=1S/C5H10N2S/c1-3-7-5(2)4-8-6/h3-4,7H,1,6H2,2H3/b5-4-. The van der Waals surface area contributed by atoms with Crippen LogP contribution in [0.1, 0.15) is 6.92 Å². The Balaban J connectivity index is 3.44. The number of nitrogens with one attached hydrogen (secondary N) is 1. The van der Waals surface area contributed by atoms with Gasteiger partial charge in [0.2, 0.25) is 0 Å². The van der Waals surface area contributed by atoms with Crippen LogP contribution in [0.3, 0.4) is 0 Å². The first kappa shape index (κ1) is 7.59. The summed E-state index contributed by atoms with van der Waals surface area (Å²) in [5, 5.41) is 9.80. The molecule has 2 nitrogen and oxygen atoms in total. The highest BCUT2D eigenvalue weighted by Gasteiger charge is 1.77. The molecule has 8 heavy (non-hydrogen) atoms. The zero-order chi connectivity index (χ0) is 6.41. The summed E-state index contributed by atoms with van der Waals surface area (Å²) >= 11 is 1.18. The maximum atomic E-state index is 5.13. The van der Waals surface area contributed by atoms with E-state index in [0.717, 1.165) is 5.70 Å². The smallest absolute Gasteiger partial charge is 0.0191 e. The van der Waals surface area contributed by atoms with E-state index < -0.39 is 0 Å². The maximum Gasteiger partial charge on any atom is 0.0191 e. The molecule has 0 aliphatic rings. The third-order valence-corrected chi connectivity index (χ3v) is 1.06. The van der Waals surface area contributed by atoms with Crippen molar-refractivity contribution >= 4 is 11.9 Å². The van der Waals surface area contributed by atoms with Gasteiger partial charge in [-0.15, -0.1) is 0 Å². The van der Waals surface area contributed by atoms with E-state index in [1.807, 2.05) is 12.3 Å². The van der Waals surface area contributed by atoms with E-state index >= 15 is 0 Å². The average molecular weight is 130 g/mol. The van der Waals surface area contributed by atoms with E-state index in [4.69, 9.17) is 5.14 Å². The molecule has 0 saturated heterocycles. The van der Waals surface area contributed by atoms with Crippen molar-refractivity contribution in [3.8, 4) is 0 Å². The van der Waals surface area contributed by atoms with Crippen molar-refractivity contribution in [3.05, 3.63) is 23.9 Å². The van der Waals surface area contributed by atoms with Gasteiger partial charge in [-0.2, -0.15) is 0 Å².